The van der Waals surface area contributed by atoms with Gasteiger partial charge in [0.05, 0.1) is 22.7 Å². The van der Waals surface area contributed by atoms with E-state index in [9.17, 15) is 0 Å². The molecular formula is C13H11N3. The predicted octanol–water partition coefficient (Wildman–Crippen LogP) is 2.96. The van der Waals surface area contributed by atoms with E-state index < -0.39 is 0 Å². The topological polar surface area (TPSA) is 27.3 Å². The van der Waals surface area contributed by atoms with Crippen molar-refractivity contribution in [2.75, 3.05) is 15.5 Å². The van der Waals surface area contributed by atoms with Gasteiger partial charge in [-0.1, -0.05) is 24.3 Å². The molecule has 4 rings (SSSR count). The van der Waals surface area contributed by atoms with Crippen LogP contribution in [0.1, 0.15) is 0 Å². The maximum absolute atomic E-state index is 3.46. The Bertz CT molecular complexity index is 515. The van der Waals surface area contributed by atoms with E-state index in [1.165, 1.54) is 22.7 Å². The lowest BCUT2D eigenvalue weighted by molar-refractivity contribution is 0.902. The van der Waals surface area contributed by atoms with Gasteiger partial charge in [0.15, 0.2) is 6.29 Å². The number of anilines is 4. The summed E-state index contributed by atoms with van der Waals surface area (Å²) in [6, 6.07) is 16.8. The molecule has 2 aromatic rings. The quantitative estimate of drug-likeness (QED) is 0.698. The molecule has 0 fully saturated rings. The van der Waals surface area contributed by atoms with Gasteiger partial charge in [0.25, 0.3) is 0 Å². The molecule has 3 heteroatoms. The third kappa shape index (κ3) is 0.877. The Balaban J connectivity index is 1.93. The van der Waals surface area contributed by atoms with Crippen LogP contribution < -0.4 is 15.5 Å². The second-order valence-electron chi connectivity index (χ2n) is 4.10. The molecular weight excluding hydrogens is 198 g/mol. The largest absolute Gasteiger partial charge is 0.346 e. The van der Waals surface area contributed by atoms with Crippen LogP contribution in [-0.4, -0.2) is 6.29 Å². The minimum atomic E-state index is 0.162. The Kier molecular flexibility index (Phi) is 1.36. The van der Waals surface area contributed by atoms with Gasteiger partial charge in [-0.05, 0) is 24.3 Å². The first kappa shape index (κ1) is 8.05. The van der Waals surface area contributed by atoms with Gasteiger partial charge in [0.2, 0.25) is 0 Å². The van der Waals surface area contributed by atoms with Crippen LogP contribution in [0, 0.1) is 0 Å². The van der Waals surface area contributed by atoms with Crippen molar-refractivity contribution in [3.63, 3.8) is 0 Å². The number of benzene rings is 2. The van der Waals surface area contributed by atoms with Gasteiger partial charge in [0, 0.05) is 0 Å². The molecule has 0 bridgehead atoms. The molecule has 78 valence electrons. The molecule has 0 aliphatic carbocycles. The Hall–Kier alpha value is -2.16. The van der Waals surface area contributed by atoms with Crippen molar-refractivity contribution < 1.29 is 0 Å². The molecule has 2 aliphatic rings. The molecule has 2 heterocycles. The van der Waals surface area contributed by atoms with Crippen LogP contribution in [0.3, 0.4) is 0 Å². The van der Waals surface area contributed by atoms with Crippen LogP contribution in [0.25, 0.3) is 0 Å². The van der Waals surface area contributed by atoms with Gasteiger partial charge in [-0.3, -0.25) is 4.90 Å². The van der Waals surface area contributed by atoms with Crippen molar-refractivity contribution in [1.29, 1.82) is 0 Å². The number of rotatable bonds is 0. The number of nitrogens with zero attached hydrogens (tertiary/aromatic N) is 1. The first-order chi connectivity index (χ1) is 7.93. The van der Waals surface area contributed by atoms with Gasteiger partial charge in [-0.25, -0.2) is 0 Å². The standard InChI is InChI=1S/C13H11N3/c1-3-7-11-9(5-1)14-13-15-10-6-2-4-8-12(10)16(11)13/h1-8,13-15H. The lowest BCUT2D eigenvalue weighted by Gasteiger charge is -2.17. The normalized spacial score (nSPS) is 16.1. The highest BCUT2D eigenvalue weighted by atomic mass is 15.5. The van der Waals surface area contributed by atoms with Crippen molar-refractivity contribution in [2.24, 2.45) is 0 Å². The fourth-order valence-electron chi connectivity index (χ4n) is 2.48. The number of hydrogen-bond donors (Lipinski definition) is 2. The third-order valence-electron chi connectivity index (χ3n) is 3.17. The Morgan fingerprint density at radius 3 is 1.81 bits per heavy atom. The van der Waals surface area contributed by atoms with E-state index in [2.05, 4.69) is 64.1 Å². The smallest absolute Gasteiger partial charge is 0.180 e. The van der Waals surface area contributed by atoms with Gasteiger partial charge >= 0.3 is 0 Å². The average Bonchev–Trinajstić information content (AvgIpc) is 2.83. The summed E-state index contributed by atoms with van der Waals surface area (Å²) in [5.41, 5.74) is 4.86. The fraction of sp³-hybridized carbons (Fsp3) is 0.0769. The van der Waals surface area contributed by atoms with Crippen LogP contribution in [0.15, 0.2) is 48.5 Å². The minimum absolute atomic E-state index is 0.162. The Morgan fingerprint density at radius 1 is 0.750 bits per heavy atom. The number of nitrogens with one attached hydrogen (secondary N) is 2. The van der Waals surface area contributed by atoms with Crippen molar-refractivity contribution in [3.8, 4) is 0 Å². The van der Waals surface area contributed by atoms with Gasteiger partial charge in [0.1, 0.15) is 0 Å². The summed E-state index contributed by atoms with van der Waals surface area (Å²) in [7, 11) is 0. The second-order valence-corrected chi connectivity index (χ2v) is 4.10. The molecule has 2 aliphatic heterocycles. The van der Waals surface area contributed by atoms with Crippen molar-refractivity contribution >= 4 is 22.7 Å². The molecule has 2 aromatic carbocycles. The molecule has 16 heavy (non-hydrogen) atoms. The number of fused-ring (bicyclic) bond motifs is 5. The maximum Gasteiger partial charge on any atom is 0.180 e. The van der Waals surface area contributed by atoms with Gasteiger partial charge in [-0.2, -0.15) is 0 Å². The molecule has 0 radical (unpaired) electrons. The highest BCUT2D eigenvalue weighted by Crippen LogP contribution is 2.46. The molecule has 2 N–H and O–H groups in total. The van der Waals surface area contributed by atoms with Crippen molar-refractivity contribution in [2.45, 2.75) is 6.29 Å². The summed E-state index contributed by atoms with van der Waals surface area (Å²) in [5, 5.41) is 6.92. The monoisotopic (exact) mass is 209 g/mol. The lowest BCUT2D eigenvalue weighted by Crippen LogP contribution is -2.32. The molecule has 0 spiro atoms. The lowest BCUT2D eigenvalue weighted by atomic mass is 10.2. The number of hydrogen-bond acceptors (Lipinski definition) is 3. The summed E-state index contributed by atoms with van der Waals surface area (Å²) in [6.07, 6.45) is 0.162. The maximum atomic E-state index is 3.46. The van der Waals surface area contributed by atoms with Crippen LogP contribution in [0.2, 0.25) is 0 Å². The summed E-state index contributed by atoms with van der Waals surface area (Å²) >= 11 is 0. The zero-order valence-electron chi connectivity index (χ0n) is 8.64. The molecule has 0 saturated carbocycles. The summed E-state index contributed by atoms with van der Waals surface area (Å²) in [4.78, 5) is 2.30. The summed E-state index contributed by atoms with van der Waals surface area (Å²) in [5.74, 6) is 0. The fourth-order valence-corrected chi connectivity index (χ4v) is 2.48. The van der Waals surface area contributed by atoms with Crippen LogP contribution >= 0.6 is 0 Å². The summed E-state index contributed by atoms with van der Waals surface area (Å²) < 4.78 is 0. The SMILES string of the molecule is c1ccc2c(c1)NC1Nc3ccccc3N21. The first-order valence-electron chi connectivity index (χ1n) is 5.44. The average molecular weight is 209 g/mol. The third-order valence-corrected chi connectivity index (χ3v) is 3.17. The van der Waals surface area contributed by atoms with Crippen LogP contribution in [0.4, 0.5) is 22.7 Å². The second kappa shape index (κ2) is 2.70. The van der Waals surface area contributed by atoms with Crippen LogP contribution in [-0.2, 0) is 0 Å². The minimum Gasteiger partial charge on any atom is -0.346 e. The molecule has 0 atom stereocenters. The highest BCUT2D eigenvalue weighted by molar-refractivity contribution is 5.91. The molecule has 0 aromatic heterocycles. The number of para-hydroxylation sites is 4. The van der Waals surface area contributed by atoms with E-state index in [-0.39, 0.29) is 6.29 Å². The molecule has 0 amide bonds. The Labute approximate surface area is 93.7 Å². The zero-order valence-corrected chi connectivity index (χ0v) is 8.64. The molecule has 0 saturated heterocycles. The zero-order chi connectivity index (χ0) is 10.5. The van der Waals surface area contributed by atoms with E-state index >= 15 is 0 Å². The van der Waals surface area contributed by atoms with Crippen molar-refractivity contribution in [1.82, 2.24) is 0 Å². The molecule has 0 unspecified atom stereocenters. The molecule has 3 nitrogen and oxygen atoms in total. The highest BCUT2D eigenvalue weighted by Gasteiger charge is 2.35. The van der Waals surface area contributed by atoms with Gasteiger partial charge in [-0.15, -0.1) is 0 Å². The van der Waals surface area contributed by atoms with Crippen molar-refractivity contribution in [3.05, 3.63) is 48.5 Å². The van der Waals surface area contributed by atoms with Crippen LogP contribution in [0.5, 0.6) is 0 Å². The first-order valence-corrected chi connectivity index (χ1v) is 5.44. The van der Waals surface area contributed by atoms with Gasteiger partial charge < -0.3 is 10.6 Å². The van der Waals surface area contributed by atoms with E-state index in [0.717, 1.165) is 0 Å². The van der Waals surface area contributed by atoms with E-state index in [4.69, 9.17) is 0 Å². The Morgan fingerprint density at radius 2 is 1.25 bits per heavy atom. The summed E-state index contributed by atoms with van der Waals surface area (Å²) in [6.45, 7) is 0. The van der Waals surface area contributed by atoms with E-state index in [1.807, 2.05) is 0 Å². The predicted molar refractivity (Wildman–Crippen MR) is 66.1 cm³/mol. The van der Waals surface area contributed by atoms with E-state index in [0.29, 0.717) is 0 Å². The van der Waals surface area contributed by atoms with E-state index in [1.54, 1.807) is 0 Å².